The molecule has 1 heterocycles. The summed E-state index contributed by atoms with van der Waals surface area (Å²) in [6, 6.07) is 10.1. The van der Waals surface area contributed by atoms with Crippen LogP contribution < -0.4 is 11.3 Å². The maximum Gasteiger partial charge on any atom is 0.0702 e. The van der Waals surface area contributed by atoms with Gasteiger partial charge in [0.1, 0.15) is 0 Å². The van der Waals surface area contributed by atoms with Crippen LogP contribution in [0.5, 0.6) is 0 Å². The number of nitrogens with zero attached hydrogens (tertiary/aromatic N) is 1. The second kappa shape index (κ2) is 5.72. The van der Waals surface area contributed by atoms with Crippen molar-refractivity contribution >= 4 is 10.9 Å². The van der Waals surface area contributed by atoms with Crippen molar-refractivity contribution in [2.75, 3.05) is 13.2 Å². The van der Waals surface area contributed by atoms with Gasteiger partial charge in [-0.15, -0.1) is 0 Å². The molecule has 90 valence electrons. The smallest absolute Gasteiger partial charge is 0.0702 e. The van der Waals surface area contributed by atoms with Crippen LogP contribution in [-0.2, 0) is 4.74 Å². The summed E-state index contributed by atoms with van der Waals surface area (Å²) in [6.45, 7) is 3.23. The van der Waals surface area contributed by atoms with Gasteiger partial charge in [0, 0.05) is 18.2 Å². The van der Waals surface area contributed by atoms with Gasteiger partial charge >= 0.3 is 0 Å². The van der Waals surface area contributed by atoms with E-state index in [0.29, 0.717) is 13.2 Å². The van der Waals surface area contributed by atoms with Gasteiger partial charge in [-0.2, -0.15) is 0 Å². The average Bonchev–Trinajstić information content (AvgIpc) is 2.39. The Hall–Kier alpha value is -1.49. The fourth-order valence-electron chi connectivity index (χ4n) is 1.79. The molecule has 3 N–H and O–H groups in total. The van der Waals surface area contributed by atoms with E-state index in [2.05, 4.69) is 16.5 Å². The number of benzene rings is 1. The van der Waals surface area contributed by atoms with Crippen LogP contribution in [0.3, 0.4) is 0 Å². The summed E-state index contributed by atoms with van der Waals surface area (Å²) in [5, 5.41) is 1.11. The molecule has 0 aliphatic carbocycles. The predicted octanol–water partition coefficient (Wildman–Crippen LogP) is 1.78. The van der Waals surface area contributed by atoms with Crippen LogP contribution in [0.4, 0.5) is 0 Å². The Morgan fingerprint density at radius 3 is 3.06 bits per heavy atom. The van der Waals surface area contributed by atoms with E-state index < -0.39 is 0 Å². The standard InChI is InChI=1S/C13H17N3O/c1-2-17-9-13(16-14)11-5-6-12-10(8-11)4-3-7-15-12/h3-8,13,16H,2,9,14H2,1H3. The number of fused-ring (bicyclic) bond motifs is 1. The van der Waals surface area contributed by atoms with Gasteiger partial charge < -0.3 is 4.74 Å². The third-order valence-electron chi connectivity index (χ3n) is 2.72. The highest BCUT2D eigenvalue weighted by atomic mass is 16.5. The van der Waals surface area contributed by atoms with Gasteiger partial charge in [0.05, 0.1) is 18.2 Å². The van der Waals surface area contributed by atoms with Crippen LogP contribution in [0.1, 0.15) is 18.5 Å². The summed E-state index contributed by atoms with van der Waals surface area (Å²) in [5.41, 5.74) is 4.87. The van der Waals surface area contributed by atoms with E-state index in [9.17, 15) is 0 Å². The number of hydrazine groups is 1. The van der Waals surface area contributed by atoms with Crippen molar-refractivity contribution in [3.8, 4) is 0 Å². The molecule has 17 heavy (non-hydrogen) atoms. The molecule has 0 saturated heterocycles. The normalized spacial score (nSPS) is 12.8. The molecule has 1 aromatic carbocycles. The molecule has 0 fully saturated rings. The lowest BCUT2D eigenvalue weighted by atomic mass is 10.1. The summed E-state index contributed by atoms with van der Waals surface area (Å²) in [4.78, 5) is 4.29. The maximum absolute atomic E-state index is 5.54. The number of ether oxygens (including phenoxy) is 1. The zero-order chi connectivity index (χ0) is 12.1. The van der Waals surface area contributed by atoms with E-state index in [1.807, 2.05) is 31.2 Å². The number of pyridine rings is 1. The lowest BCUT2D eigenvalue weighted by Crippen LogP contribution is -2.31. The molecule has 0 aliphatic rings. The summed E-state index contributed by atoms with van der Waals surface area (Å²) in [5.74, 6) is 5.54. The summed E-state index contributed by atoms with van der Waals surface area (Å²) >= 11 is 0. The van der Waals surface area contributed by atoms with Crippen molar-refractivity contribution in [2.45, 2.75) is 13.0 Å². The quantitative estimate of drug-likeness (QED) is 0.608. The number of nitrogens with two attached hydrogens (primary N) is 1. The Labute approximate surface area is 101 Å². The molecular formula is C13H17N3O. The number of nitrogens with one attached hydrogen (secondary N) is 1. The Balaban J connectivity index is 2.27. The highest BCUT2D eigenvalue weighted by Crippen LogP contribution is 2.18. The number of rotatable bonds is 5. The molecule has 1 unspecified atom stereocenters. The van der Waals surface area contributed by atoms with Gasteiger partial charge in [-0.05, 0) is 30.7 Å². The van der Waals surface area contributed by atoms with Crippen molar-refractivity contribution in [1.82, 2.24) is 10.4 Å². The fraction of sp³-hybridized carbons (Fsp3) is 0.308. The number of hydrogen-bond donors (Lipinski definition) is 2. The third kappa shape index (κ3) is 2.79. The van der Waals surface area contributed by atoms with Gasteiger partial charge in [-0.1, -0.05) is 12.1 Å². The van der Waals surface area contributed by atoms with Gasteiger partial charge in [0.25, 0.3) is 0 Å². The Morgan fingerprint density at radius 2 is 2.29 bits per heavy atom. The first-order valence-corrected chi connectivity index (χ1v) is 5.73. The first kappa shape index (κ1) is 12.0. The molecule has 0 radical (unpaired) electrons. The van der Waals surface area contributed by atoms with Crippen molar-refractivity contribution in [3.63, 3.8) is 0 Å². The van der Waals surface area contributed by atoms with Crippen LogP contribution in [0, 0.1) is 0 Å². The summed E-state index contributed by atoms with van der Waals surface area (Å²) < 4.78 is 5.39. The molecule has 0 saturated carbocycles. The maximum atomic E-state index is 5.54. The Kier molecular flexibility index (Phi) is 4.03. The average molecular weight is 231 g/mol. The second-order valence-electron chi connectivity index (χ2n) is 3.83. The molecule has 1 aromatic heterocycles. The van der Waals surface area contributed by atoms with E-state index in [0.717, 1.165) is 16.5 Å². The van der Waals surface area contributed by atoms with Crippen LogP contribution in [0.25, 0.3) is 10.9 Å². The van der Waals surface area contributed by atoms with Gasteiger partial charge in [0.2, 0.25) is 0 Å². The molecule has 4 nitrogen and oxygen atoms in total. The predicted molar refractivity (Wildman–Crippen MR) is 68.3 cm³/mol. The van der Waals surface area contributed by atoms with Gasteiger partial charge in [0.15, 0.2) is 0 Å². The monoisotopic (exact) mass is 231 g/mol. The summed E-state index contributed by atoms with van der Waals surface area (Å²) in [6.07, 6.45) is 1.79. The molecule has 2 rings (SSSR count). The van der Waals surface area contributed by atoms with E-state index in [-0.39, 0.29) is 6.04 Å². The zero-order valence-corrected chi connectivity index (χ0v) is 9.89. The Bertz CT molecular complexity index is 487. The topological polar surface area (TPSA) is 60.2 Å². The SMILES string of the molecule is CCOCC(NN)c1ccc2ncccc2c1. The molecule has 4 heteroatoms. The van der Waals surface area contributed by atoms with Gasteiger partial charge in [-0.25, -0.2) is 0 Å². The van der Waals surface area contributed by atoms with E-state index in [1.165, 1.54) is 0 Å². The summed E-state index contributed by atoms with van der Waals surface area (Å²) in [7, 11) is 0. The molecular weight excluding hydrogens is 214 g/mol. The number of aromatic nitrogens is 1. The van der Waals surface area contributed by atoms with Crippen LogP contribution in [0.2, 0.25) is 0 Å². The van der Waals surface area contributed by atoms with Crippen molar-refractivity contribution < 1.29 is 4.74 Å². The van der Waals surface area contributed by atoms with Crippen molar-refractivity contribution in [2.24, 2.45) is 5.84 Å². The minimum Gasteiger partial charge on any atom is -0.380 e. The fourth-order valence-corrected chi connectivity index (χ4v) is 1.79. The highest BCUT2D eigenvalue weighted by Gasteiger charge is 2.09. The molecule has 0 spiro atoms. The first-order chi connectivity index (χ1) is 8.35. The second-order valence-corrected chi connectivity index (χ2v) is 3.83. The van der Waals surface area contributed by atoms with E-state index in [4.69, 9.17) is 10.6 Å². The van der Waals surface area contributed by atoms with Gasteiger partial charge in [-0.3, -0.25) is 16.3 Å². The molecule has 2 aromatic rings. The van der Waals surface area contributed by atoms with Crippen LogP contribution in [0.15, 0.2) is 36.5 Å². The highest BCUT2D eigenvalue weighted by molar-refractivity contribution is 5.79. The van der Waals surface area contributed by atoms with Crippen molar-refractivity contribution in [1.29, 1.82) is 0 Å². The van der Waals surface area contributed by atoms with E-state index >= 15 is 0 Å². The largest absolute Gasteiger partial charge is 0.380 e. The minimum atomic E-state index is 0.0135. The third-order valence-corrected chi connectivity index (χ3v) is 2.72. The lowest BCUT2D eigenvalue weighted by molar-refractivity contribution is 0.123. The van der Waals surface area contributed by atoms with Crippen LogP contribution in [-0.4, -0.2) is 18.2 Å². The minimum absolute atomic E-state index is 0.0135. The lowest BCUT2D eigenvalue weighted by Gasteiger charge is -2.16. The molecule has 1 atom stereocenters. The molecule has 0 bridgehead atoms. The molecule has 0 aliphatic heterocycles. The first-order valence-electron chi connectivity index (χ1n) is 5.73. The number of hydrogen-bond acceptors (Lipinski definition) is 4. The Morgan fingerprint density at radius 1 is 1.41 bits per heavy atom. The zero-order valence-electron chi connectivity index (χ0n) is 9.89. The van der Waals surface area contributed by atoms with Crippen molar-refractivity contribution in [3.05, 3.63) is 42.1 Å². The van der Waals surface area contributed by atoms with E-state index in [1.54, 1.807) is 6.20 Å². The van der Waals surface area contributed by atoms with Crippen LogP contribution >= 0.6 is 0 Å². The molecule has 0 amide bonds.